The molecule has 0 aliphatic heterocycles. The van der Waals surface area contributed by atoms with Gasteiger partial charge in [-0.05, 0) is 25.1 Å². The van der Waals surface area contributed by atoms with Crippen LogP contribution in [0.4, 0.5) is 5.69 Å². The van der Waals surface area contributed by atoms with E-state index in [0.29, 0.717) is 12.2 Å². The van der Waals surface area contributed by atoms with E-state index in [-0.39, 0.29) is 17.2 Å². The summed E-state index contributed by atoms with van der Waals surface area (Å²) >= 11 is 0. The number of phenolic OH excluding ortho intramolecular Hbond substituents is 1. The minimum atomic E-state index is -0.323. The molecule has 0 bridgehead atoms. The zero-order valence-electron chi connectivity index (χ0n) is 10.8. The second kappa shape index (κ2) is 5.01. The first-order valence-electron chi connectivity index (χ1n) is 5.83. The molecule has 0 fully saturated rings. The van der Waals surface area contributed by atoms with Crippen LogP contribution in [0.25, 0.3) is 0 Å². The molecule has 1 aromatic heterocycles. The number of hydrogen-bond acceptors (Lipinski definition) is 4. The molecule has 6 heteroatoms. The predicted octanol–water partition coefficient (Wildman–Crippen LogP) is 0.946. The van der Waals surface area contributed by atoms with Gasteiger partial charge in [0.15, 0.2) is 0 Å². The molecule has 2 aromatic rings. The number of carbonyl (C=O) groups is 1. The van der Waals surface area contributed by atoms with Gasteiger partial charge in [-0.15, -0.1) is 0 Å². The van der Waals surface area contributed by atoms with Crippen LogP contribution < -0.4 is 11.1 Å². The number of nitrogen functional groups attached to an aromatic ring is 1. The van der Waals surface area contributed by atoms with Gasteiger partial charge in [0.25, 0.3) is 5.91 Å². The van der Waals surface area contributed by atoms with E-state index in [1.807, 2.05) is 20.2 Å². The number of benzene rings is 1. The van der Waals surface area contributed by atoms with Crippen molar-refractivity contribution in [2.24, 2.45) is 7.05 Å². The number of aryl methyl sites for hydroxylation is 2. The maximum Gasteiger partial charge on any atom is 0.253 e. The van der Waals surface area contributed by atoms with Crippen LogP contribution in [0.1, 0.15) is 21.6 Å². The highest BCUT2D eigenvalue weighted by atomic mass is 16.3. The summed E-state index contributed by atoms with van der Waals surface area (Å²) in [5.74, 6) is -0.312. The molecule has 0 aliphatic carbocycles. The summed E-state index contributed by atoms with van der Waals surface area (Å²) in [6.07, 6.45) is 1.85. The molecule has 0 saturated heterocycles. The van der Waals surface area contributed by atoms with Crippen molar-refractivity contribution in [3.63, 3.8) is 0 Å². The van der Waals surface area contributed by atoms with Crippen LogP contribution >= 0.6 is 0 Å². The average molecular weight is 260 g/mol. The van der Waals surface area contributed by atoms with Crippen molar-refractivity contribution in [2.45, 2.75) is 13.5 Å². The number of hydrogen-bond donors (Lipinski definition) is 3. The standard InChI is InChI=1S/C13H16N4O2/c1-8-9(7-17(2)16-8)6-15-13(19)11-5-10(18)3-4-12(11)14/h3-5,7,18H,6,14H2,1-2H3,(H,15,19). The van der Waals surface area contributed by atoms with Gasteiger partial charge >= 0.3 is 0 Å². The van der Waals surface area contributed by atoms with Crippen molar-refractivity contribution in [3.8, 4) is 5.75 Å². The van der Waals surface area contributed by atoms with Gasteiger partial charge in [0.2, 0.25) is 0 Å². The molecule has 1 amide bonds. The quantitative estimate of drug-likeness (QED) is 0.565. The van der Waals surface area contributed by atoms with Crippen molar-refractivity contribution >= 4 is 11.6 Å². The molecule has 0 saturated carbocycles. The fourth-order valence-electron chi connectivity index (χ4n) is 1.83. The highest BCUT2D eigenvalue weighted by Gasteiger charge is 2.11. The van der Waals surface area contributed by atoms with E-state index in [4.69, 9.17) is 5.73 Å². The van der Waals surface area contributed by atoms with Crippen LogP contribution in [0.2, 0.25) is 0 Å². The molecule has 6 nitrogen and oxygen atoms in total. The summed E-state index contributed by atoms with van der Waals surface area (Å²) in [6.45, 7) is 2.25. The molecule has 19 heavy (non-hydrogen) atoms. The molecule has 4 N–H and O–H groups in total. The molecule has 0 radical (unpaired) electrons. The van der Waals surface area contributed by atoms with E-state index in [1.165, 1.54) is 18.2 Å². The molecule has 0 aliphatic rings. The summed E-state index contributed by atoms with van der Waals surface area (Å²) in [4.78, 5) is 12.0. The Morgan fingerprint density at radius 3 is 2.89 bits per heavy atom. The lowest BCUT2D eigenvalue weighted by Gasteiger charge is -2.07. The minimum Gasteiger partial charge on any atom is -0.508 e. The van der Waals surface area contributed by atoms with Gasteiger partial charge in [-0.1, -0.05) is 0 Å². The fraction of sp³-hybridized carbons (Fsp3) is 0.231. The largest absolute Gasteiger partial charge is 0.508 e. The number of nitrogens with zero attached hydrogens (tertiary/aromatic N) is 2. The number of anilines is 1. The highest BCUT2D eigenvalue weighted by Crippen LogP contribution is 2.18. The normalized spacial score (nSPS) is 10.4. The number of nitrogens with one attached hydrogen (secondary N) is 1. The number of amides is 1. The maximum atomic E-state index is 12.0. The van der Waals surface area contributed by atoms with Crippen molar-refractivity contribution in [1.29, 1.82) is 0 Å². The van der Waals surface area contributed by atoms with Gasteiger partial charge in [0.05, 0.1) is 11.3 Å². The van der Waals surface area contributed by atoms with Crippen molar-refractivity contribution in [3.05, 3.63) is 41.2 Å². The van der Waals surface area contributed by atoms with Crippen LogP contribution in [0, 0.1) is 6.92 Å². The van der Waals surface area contributed by atoms with E-state index in [0.717, 1.165) is 11.3 Å². The van der Waals surface area contributed by atoms with E-state index in [2.05, 4.69) is 10.4 Å². The summed E-state index contributed by atoms with van der Waals surface area (Å²) < 4.78 is 1.69. The van der Waals surface area contributed by atoms with Crippen LogP contribution in [-0.2, 0) is 13.6 Å². The topological polar surface area (TPSA) is 93.2 Å². The number of aromatic nitrogens is 2. The zero-order valence-corrected chi connectivity index (χ0v) is 10.8. The third kappa shape index (κ3) is 2.85. The SMILES string of the molecule is Cc1nn(C)cc1CNC(=O)c1cc(O)ccc1N. The first-order valence-corrected chi connectivity index (χ1v) is 5.83. The number of carbonyl (C=O) groups excluding carboxylic acids is 1. The van der Waals surface area contributed by atoms with Gasteiger partial charge in [0.1, 0.15) is 5.75 Å². The zero-order chi connectivity index (χ0) is 14.0. The Kier molecular flexibility index (Phi) is 3.41. The Morgan fingerprint density at radius 2 is 2.26 bits per heavy atom. The number of rotatable bonds is 3. The van der Waals surface area contributed by atoms with E-state index in [9.17, 15) is 9.90 Å². The monoisotopic (exact) mass is 260 g/mol. The molecule has 1 aromatic carbocycles. The Labute approximate surface area is 110 Å². The van der Waals surface area contributed by atoms with Gasteiger partial charge in [-0.3, -0.25) is 9.48 Å². The smallest absolute Gasteiger partial charge is 0.253 e. The number of aromatic hydroxyl groups is 1. The van der Waals surface area contributed by atoms with Crippen molar-refractivity contribution in [1.82, 2.24) is 15.1 Å². The molecular weight excluding hydrogens is 244 g/mol. The Hall–Kier alpha value is -2.50. The summed E-state index contributed by atoms with van der Waals surface area (Å²) in [5.41, 5.74) is 8.11. The Balaban J connectivity index is 2.09. The molecule has 2 rings (SSSR count). The van der Waals surface area contributed by atoms with Crippen LogP contribution in [0.15, 0.2) is 24.4 Å². The minimum absolute atomic E-state index is 0.0110. The van der Waals surface area contributed by atoms with E-state index in [1.54, 1.807) is 4.68 Å². The molecule has 0 spiro atoms. The lowest BCUT2D eigenvalue weighted by Crippen LogP contribution is -2.23. The van der Waals surface area contributed by atoms with Gasteiger partial charge in [-0.25, -0.2) is 0 Å². The summed E-state index contributed by atoms with van der Waals surface area (Å²) in [7, 11) is 1.82. The maximum absolute atomic E-state index is 12.0. The lowest BCUT2D eigenvalue weighted by atomic mass is 10.1. The molecule has 100 valence electrons. The van der Waals surface area contributed by atoms with Crippen molar-refractivity contribution < 1.29 is 9.90 Å². The molecule has 1 heterocycles. The second-order valence-electron chi connectivity index (χ2n) is 4.37. The highest BCUT2D eigenvalue weighted by molar-refractivity contribution is 5.99. The van der Waals surface area contributed by atoms with E-state index >= 15 is 0 Å². The van der Waals surface area contributed by atoms with Crippen molar-refractivity contribution in [2.75, 3.05) is 5.73 Å². The third-order valence-corrected chi connectivity index (χ3v) is 2.84. The van der Waals surface area contributed by atoms with Crippen LogP contribution in [0.3, 0.4) is 0 Å². The summed E-state index contributed by atoms with van der Waals surface area (Å²) in [6, 6.07) is 4.29. The first kappa shape index (κ1) is 12.9. The lowest BCUT2D eigenvalue weighted by molar-refractivity contribution is 0.0951. The van der Waals surface area contributed by atoms with Gasteiger partial charge in [0, 0.05) is 31.0 Å². The van der Waals surface area contributed by atoms with Gasteiger partial charge < -0.3 is 16.2 Å². The Morgan fingerprint density at radius 1 is 1.53 bits per heavy atom. The molecular formula is C13H16N4O2. The molecule has 0 atom stereocenters. The molecule has 0 unspecified atom stereocenters. The first-order chi connectivity index (χ1) is 8.97. The average Bonchev–Trinajstić information content (AvgIpc) is 2.68. The third-order valence-electron chi connectivity index (χ3n) is 2.84. The van der Waals surface area contributed by atoms with Crippen LogP contribution in [0.5, 0.6) is 5.75 Å². The second-order valence-corrected chi connectivity index (χ2v) is 4.37. The fourth-order valence-corrected chi connectivity index (χ4v) is 1.83. The number of phenols is 1. The van der Waals surface area contributed by atoms with Crippen LogP contribution in [-0.4, -0.2) is 20.8 Å². The summed E-state index contributed by atoms with van der Waals surface area (Å²) in [5, 5.41) is 16.3. The van der Waals surface area contributed by atoms with E-state index < -0.39 is 0 Å². The predicted molar refractivity (Wildman–Crippen MR) is 71.6 cm³/mol. The van der Waals surface area contributed by atoms with Gasteiger partial charge in [-0.2, -0.15) is 5.10 Å². The number of nitrogens with two attached hydrogens (primary N) is 1. The Bertz CT molecular complexity index is 619.